The zero-order chi connectivity index (χ0) is 26.6. The van der Waals surface area contributed by atoms with Crippen molar-refractivity contribution < 1.29 is 14.3 Å². The zero-order valence-corrected chi connectivity index (χ0v) is 24.6. The van der Waals surface area contributed by atoms with Crippen LogP contribution in [-0.4, -0.2) is 17.7 Å². The molecule has 0 spiro atoms. The predicted molar refractivity (Wildman–Crippen MR) is 166 cm³/mol. The Morgan fingerprint density at radius 3 is 2.63 bits per heavy atom. The minimum absolute atomic E-state index is 0.224. The Hall–Kier alpha value is -2.72. The number of hydrogen-bond donors (Lipinski definition) is 1. The van der Waals surface area contributed by atoms with E-state index in [2.05, 4.69) is 57.2 Å². The Bertz CT molecular complexity index is 1600. The molecule has 1 heterocycles. The summed E-state index contributed by atoms with van der Waals surface area (Å²) in [6, 6.07) is 23.4. The molecule has 1 N–H and O–H groups in total. The lowest BCUT2D eigenvalue weighted by Crippen LogP contribution is -2.19. The van der Waals surface area contributed by atoms with Crippen molar-refractivity contribution in [1.82, 2.24) is 5.32 Å². The Morgan fingerprint density at radius 1 is 1.00 bits per heavy atom. The summed E-state index contributed by atoms with van der Waals surface area (Å²) in [5.74, 6) is 1.07. The number of aliphatic imine (C=N–C) groups is 1. The van der Waals surface area contributed by atoms with Gasteiger partial charge in [0.05, 0.1) is 30.8 Å². The molecule has 192 valence electrons. The van der Waals surface area contributed by atoms with E-state index in [0.29, 0.717) is 50.5 Å². The van der Waals surface area contributed by atoms with Gasteiger partial charge in [0.2, 0.25) is 0 Å². The van der Waals surface area contributed by atoms with Crippen molar-refractivity contribution in [3.05, 3.63) is 102 Å². The molecular weight excluding hydrogens is 654 g/mol. The lowest BCUT2D eigenvalue weighted by atomic mass is 10.1. The van der Waals surface area contributed by atoms with E-state index in [1.807, 2.05) is 43.3 Å². The summed E-state index contributed by atoms with van der Waals surface area (Å²) >= 11 is 15.6. The number of nitrogens with zero attached hydrogens (tertiary/aromatic N) is 1. The van der Waals surface area contributed by atoms with Crippen LogP contribution in [0.1, 0.15) is 18.1 Å². The first-order valence-electron chi connectivity index (χ1n) is 11.7. The average molecular weight is 675 g/mol. The summed E-state index contributed by atoms with van der Waals surface area (Å²) in [5, 5.41) is 6.44. The van der Waals surface area contributed by atoms with Crippen LogP contribution in [0.3, 0.4) is 0 Å². The Balaban J connectivity index is 1.38. The van der Waals surface area contributed by atoms with E-state index in [9.17, 15) is 4.79 Å². The summed E-state index contributed by atoms with van der Waals surface area (Å²) < 4.78 is 13.1. The summed E-state index contributed by atoms with van der Waals surface area (Å²) in [5.41, 5.74) is 2.52. The van der Waals surface area contributed by atoms with Crippen LogP contribution < -0.4 is 14.8 Å². The molecule has 0 aliphatic carbocycles. The molecule has 0 saturated carbocycles. The molecule has 4 aromatic rings. The van der Waals surface area contributed by atoms with Gasteiger partial charge in [-0.1, -0.05) is 65.7 Å². The van der Waals surface area contributed by atoms with E-state index in [-0.39, 0.29) is 5.91 Å². The van der Waals surface area contributed by atoms with Crippen LogP contribution >= 0.6 is 57.6 Å². The second-order valence-electron chi connectivity index (χ2n) is 8.27. The van der Waals surface area contributed by atoms with Gasteiger partial charge in [-0.15, -0.1) is 0 Å². The number of thioether (sulfide) groups is 1. The van der Waals surface area contributed by atoms with Crippen LogP contribution in [-0.2, 0) is 11.4 Å². The van der Waals surface area contributed by atoms with Gasteiger partial charge in [0.15, 0.2) is 16.7 Å². The molecule has 0 radical (unpaired) electrons. The highest BCUT2D eigenvalue weighted by atomic mass is 127. The van der Waals surface area contributed by atoms with Crippen molar-refractivity contribution in [2.45, 2.75) is 13.5 Å². The lowest BCUT2D eigenvalue weighted by molar-refractivity contribution is -0.115. The van der Waals surface area contributed by atoms with Crippen molar-refractivity contribution >= 4 is 91.2 Å². The highest BCUT2D eigenvalue weighted by Gasteiger charge is 2.24. The van der Waals surface area contributed by atoms with Crippen LogP contribution in [0, 0.1) is 3.57 Å². The standard InChI is InChI=1S/C29H21Cl2IN2O3S/c1-2-36-25-13-17(14-26-28(35)34-29(38-26)33-20-10-11-22(30)23(31)15-20)12-24(32)27(25)37-16-19-8-5-7-18-6-3-4-9-21(18)19/h3-15H,2,16H2,1H3,(H,33,34,35)/b26-14+. The maximum Gasteiger partial charge on any atom is 0.264 e. The molecular formula is C29H21Cl2IN2O3S. The maximum absolute atomic E-state index is 12.6. The molecule has 0 bridgehead atoms. The number of halogens is 3. The highest BCUT2D eigenvalue weighted by molar-refractivity contribution is 14.1. The van der Waals surface area contributed by atoms with Crippen LogP contribution in [0.15, 0.2) is 82.7 Å². The van der Waals surface area contributed by atoms with E-state index in [0.717, 1.165) is 20.1 Å². The van der Waals surface area contributed by atoms with Crippen molar-refractivity contribution in [3.63, 3.8) is 0 Å². The number of nitrogens with one attached hydrogen (secondary N) is 1. The molecule has 4 aromatic carbocycles. The molecule has 0 aromatic heterocycles. The number of carbonyl (C=O) groups is 1. The molecule has 1 aliphatic heterocycles. The van der Waals surface area contributed by atoms with Crippen LogP contribution in [0.4, 0.5) is 5.69 Å². The third-order valence-electron chi connectivity index (χ3n) is 5.67. The van der Waals surface area contributed by atoms with Crippen LogP contribution in [0.5, 0.6) is 11.5 Å². The van der Waals surface area contributed by atoms with Crippen molar-refractivity contribution in [3.8, 4) is 11.5 Å². The first kappa shape index (κ1) is 26.9. The number of amidine groups is 1. The monoisotopic (exact) mass is 674 g/mol. The Morgan fingerprint density at radius 2 is 1.82 bits per heavy atom. The molecule has 0 unspecified atom stereocenters. The first-order chi connectivity index (χ1) is 18.4. The van der Waals surface area contributed by atoms with Gasteiger partial charge in [0.1, 0.15) is 6.61 Å². The van der Waals surface area contributed by atoms with Gasteiger partial charge in [-0.3, -0.25) is 4.79 Å². The third-order valence-corrected chi connectivity index (χ3v) is 8.12. The normalized spacial score (nSPS) is 15.3. The minimum atomic E-state index is -0.224. The fraction of sp³-hybridized carbons (Fsp3) is 0.103. The Kier molecular flexibility index (Phi) is 8.48. The summed E-state index contributed by atoms with van der Waals surface area (Å²) in [6.07, 6.45) is 1.82. The summed E-state index contributed by atoms with van der Waals surface area (Å²) in [7, 11) is 0. The molecule has 1 amide bonds. The smallest absolute Gasteiger partial charge is 0.264 e. The number of benzene rings is 4. The number of amides is 1. The van der Waals surface area contributed by atoms with Crippen LogP contribution in [0.2, 0.25) is 10.0 Å². The van der Waals surface area contributed by atoms with Gasteiger partial charge in [-0.2, -0.15) is 0 Å². The topological polar surface area (TPSA) is 59.9 Å². The van der Waals surface area contributed by atoms with Gasteiger partial charge in [-0.25, -0.2) is 4.99 Å². The van der Waals surface area contributed by atoms with Gasteiger partial charge in [-0.05, 0) is 99.6 Å². The molecule has 1 saturated heterocycles. The molecule has 1 aliphatic rings. The summed E-state index contributed by atoms with van der Waals surface area (Å²) in [6.45, 7) is 2.82. The second kappa shape index (κ2) is 12.0. The molecule has 0 atom stereocenters. The number of rotatable bonds is 7. The SMILES string of the molecule is CCOc1cc(/C=C2/SC(=Nc3ccc(Cl)c(Cl)c3)NC2=O)cc(I)c1OCc1cccc2ccccc12. The average Bonchev–Trinajstić information content (AvgIpc) is 3.24. The number of hydrogen-bond acceptors (Lipinski definition) is 5. The van der Waals surface area contributed by atoms with Gasteiger partial charge < -0.3 is 14.8 Å². The van der Waals surface area contributed by atoms with Crippen molar-refractivity contribution in [1.29, 1.82) is 0 Å². The van der Waals surface area contributed by atoms with Crippen molar-refractivity contribution in [2.75, 3.05) is 6.61 Å². The van der Waals surface area contributed by atoms with E-state index < -0.39 is 0 Å². The zero-order valence-electron chi connectivity index (χ0n) is 20.1. The number of carbonyl (C=O) groups excluding carboxylic acids is 1. The quantitative estimate of drug-likeness (QED) is 0.158. The number of ether oxygens (including phenoxy) is 2. The van der Waals surface area contributed by atoms with E-state index >= 15 is 0 Å². The minimum Gasteiger partial charge on any atom is -0.490 e. The predicted octanol–water partition coefficient (Wildman–Crippen LogP) is 8.62. The molecule has 5 nitrogen and oxygen atoms in total. The third kappa shape index (κ3) is 6.12. The molecule has 5 rings (SSSR count). The molecule has 1 fully saturated rings. The molecule has 38 heavy (non-hydrogen) atoms. The maximum atomic E-state index is 12.6. The van der Waals surface area contributed by atoms with Gasteiger partial charge >= 0.3 is 0 Å². The second-order valence-corrected chi connectivity index (χ2v) is 11.3. The largest absolute Gasteiger partial charge is 0.490 e. The fourth-order valence-electron chi connectivity index (χ4n) is 3.95. The van der Waals surface area contributed by atoms with Crippen molar-refractivity contribution in [2.24, 2.45) is 4.99 Å². The van der Waals surface area contributed by atoms with Gasteiger partial charge in [0, 0.05) is 0 Å². The van der Waals surface area contributed by atoms with Gasteiger partial charge in [0.25, 0.3) is 5.91 Å². The fourth-order valence-corrected chi connectivity index (χ4v) is 5.86. The summed E-state index contributed by atoms with van der Waals surface area (Å²) in [4.78, 5) is 17.6. The number of fused-ring (bicyclic) bond motifs is 1. The lowest BCUT2D eigenvalue weighted by Gasteiger charge is -2.16. The van der Waals surface area contributed by atoms with Crippen LogP contribution in [0.25, 0.3) is 16.8 Å². The molecule has 9 heteroatoms. The van der Waals surface area contributed by atoms with E-state index in [1.54, 1.807) is 18.2 Å². The Labute approximate surface area is 248 Å². The van der Waals surface area contributed by atoms with E-state index in [4.69, 9.17) is 32.7 Å². The first-order valence-corrected chi connectivity index (χ1v) is 14.4. The van der Waals surface area contributed by atoms with E-state index in [1.165, 1.54) is 17.1 Å². The highest BCUT2D eigenvalue weighted by Crippen LogP contribution is 2.37.